The van der Waals surface area contributed by atoms with E-state index in [4.69, 9.17) is 9.15 Å². The normalized spacial score (nSPS) is 15.0. The van der Waals surface area contributed by atoms with E-state index in [-0.39, 0.29) is 5.43 Å². The van der Waals surface area contributed by atoms with Gasteiger partial charge in [-0.1, -0.05) is 29.8 Å². The predicted octanol–water partition coefficient (Wildman–Crippen LogP) is 3.44. The van der Waals surface area contributed by atoms with E-state index < -0.39 is 0 Å². The Balaban J connectivity index is 1.46. The molecule has 0 spiro atoms. The number of benzene rings is 2. The molecule has 0 amide bonds. The highest BCUT2D eigenvalue weighted by Crippen LogP contribution is 2.25. The van der Waals surface area contributed by atoms with Crippen molar-refractivity contribution in [3.8, 4) is 17.1 Å². The predicted molar refractivity (Wildman–Crippen MR) is 112 cm³/mol. The van der Waals surface area contributed by atoms with Crippen molar-refractivity contribution in [2.24, 2.45) is 0 Å². The van der Waals surface area contributed by atoms with Crippen molar-refractivity contribution in [3.05, 3.63) is 64.3 Å². The largest absolute Gasteiger partial charge is 0.493 e. The van der Waals surface area contributed by atoms with Crippen LogP contribution in [-0.2, 0) is 0 Å². The summed E-state index contributed by atoms with van der Waals surface area (Å²) in [6.07, 6.45) is 0.978. The summed E-state index contributed by atoms with van der Waals surface area (Å²) in [6.45, 7) is 8.05. The Morgan fingerprint density at radius 2 is 1.86 bits per heavy atom. The Morgan fingerprint density at radius 1 is 1.07 bits per heavy atom. The minimum absolute atomic E-state index is 0.0397. The van der Waals surface area contributed by atoms with Crippen LogP contribution >= 0.6 is 0 Å². The molecule has 1 fully saturated rings. The molecule has 2 heterocycles. The first-order chi connectivity index (χ1) is 13.7. The number of hydrogen-bond donors (Lipinski definition) is 1. The Kier molecular flexibility index (Phi) is 5.74. The fraction of sp³-hybridized carbons (Fsp3) is 0.348. The second-order valence-electron chi connectivity index (χ2n) is 7.29. The lowest BCUT2D eigenvalue weighted by Crippen LogP contribution is -2.43. The molecule has 1 aromatic heterocycles. The van der Waals surface area contributed by atoms with Crippen molar-refractivity contribution in [2.75, 3.05) is 39.3 Å². The molecule has 5 nitrogen and oxygen atoms in total. The maximum Gasteiger partial charge on any atom is 0.193 e. The maximum absolute atomic E-state index is 12.5. The lowest BCUT2D eigenvalue weighted by Gasteiger charge is -2.26. The third-order valence-corrected chi connectivity index (χ3v) is 5.13. The molecule has 0 bridgehead atoms. The average molecular weight is 378 g/mol. The molecule has 2 aromatic carbocycles. The number of fused-ring (bicyclic) bond motifs is 1. The van der Waals surface area contributed by atoms with Crippen molar-refractivity contribution in [1.29, 1.82) is 0 Å². The first kappa shape index (κ1) is 18.7. The Morgan fingerprint density at radius 3 is 2.64 bits per heavy atom. The summed E-state index contributed by atoms with van der Waals surface area (Å²) < 4.78 is 11.9. The van der Waals surface area contributed by atoms with Gasteiger partial charge in [0.15, 0.2) is 5.43 Å². The van der Waals surface area contributed by atoms with E-state index in [0.29, 0.717) is 23.3 Å². The van der Waals surface area contributed by atoms with Crippen LogP contribution in [-0.4, -0.2) is 44.2 Å². The molecule has 0 radical (unpaired) electrons. The average Bonchev–Trinajstić information content (AvgIpc) is 2.72. The fourth-order valence-electron chi connectivity index (χ4n) is 3.50. The van der Waals surface area contributed by atoms with Crippen LogP contribution < -0.4 is 15.5 Å². The SMILES string of the molecule is Cc1ccc(-c2cc(=O)c3ccc(OCCCN4CCNCC4)cc3o2)cc1. The van der Waals surface area contributed by atoms with Crippen LogP contribution in [0.3, 0.4) is 0 Å². The summed E-state index contributed by atoms with van der Waals surface area (Å²) in [5, 5.41) is 3.94. The highest BCUT2D eigenvalue weighted by molar-refractivity contribution is 5.80. The third-order valence-electron chi connectivity index (χ3n) is 5.13. The molecule has 0 aliphatic carbocycles. The quantitative estimate of drug-likeness (QED) is 0.666. The molecule has 0 unspecified atom stereocenters. The summed E-state index contributed by atoms with van der Waals surface area (Å²) in [5.74, 6) is 1.31. The van der Waals surface area contributed by atoms with E-state index in [1.807, 2.05) is 43.3 Å². The number of nitrogens with zero attached hydrogens (tertiary/aromatic N) is 1. The van der Waals surface area contributed by atoms with Gasteiger partial charge in [-0.05, 0) is 25.5 Å². The molecular formula is C23H26N2O3. The number of ether oxygens (including phenoxy) is 1. The number of hydrogen-bond acceptors (Lipinski definition) is 5. The molecule has 1 N–H and O–H groups in total. The summed E-state index contributed by atoms with van der Waals surface area (Å²) in [7, 11) is 0. The van der Waals surface area contributed by atoms with Gasteiger partial charge in [-0.3, -0.25) is 4.79 Å². The van der Waals surface area contributed by atoms with Crippen LogP contribution in [0.2, 0.25) is 0 Å². The van der Waals surface area contributed by atoms with Crippen LogP contribution in [0.25, 0.3) is 22.3 Å². The minimum atomic E-state index is -0.0397. The molecule has 3 aromatic rings. The van der Waals surface area contributed by atoms with Crippen molar-refractivity contribution >= 4 is 11.0 Å². The summed E-state index contributed by atoms with van der Waals surface area (Å²) >= 11 is 0. The van der Waals surface area contributed by atoms with Crippen molar-refractivity contribution in [2.45, 2.75) is 13.3 Å². The number of aryl methyl sites for hydroxylation is 1. The van der Waals surface area contributed by atoms with E-state index in [1.165, 1.54) is 5.56 Å². The summed E-state index contributed by atoms with van der Waals surface area (Å²) in [5.41, 5.74) is 2.58. The molecular weight excluding hydrogens is 352 g/mol. The van der Waals surface area contributed by atoms with Crippen LogP contribution in [0.4, 0.5) is 0 Å². The molecule has 1 aliphatic rings. The highest BCUT2D eigenvalue weighted by Gasteiger charge is 2.10. The van der Waals surface area contributed by atoms with E-state index in [2.05, 4.69) is 10.2 Å². The summed E-state index contributed by atoms with van der Waals surface area (Å²) in [4.78, 5) is 14.9. The number of nitrogens with one attached hydrogen (secondary N) is 1. The Bertz CT molecular complexity index is 989. The smallest absolute Gasteiger partial charge is 0.193 e. The van der Waals surface area contributed by atoms with Gasteiger partial charge in [-0.25, -0.2) is 0 Å². The molecule has 4 rings (SSSR count). The van der Waals surface area contributed by atoms with Gasteiger partial charge in [0, 0.05) is 50.4 Å². The zero-order valence-electron chi connectivity index (χ0n) is 16.2. The fourth-order valence-corrected chi connectivity index (χ4v) is 3.50. The van der Waals surface area contributed by atoms with Crippen molar-refractivity contribution < 1.29 is 9.15 Å². The van der Waals surface area contributed by atoms with Gasteiger partial charge in [0.2, 0.25) is 0 Å². The standard InChI is InChI=1S/C23H26N2O3/c1-17-3-5-18(6-4-17)22-16-21(26)20-8-7-19(15-23(20)28-22)27-14-2-11-25-12-9-24-10-13-25/h3-8,15-16,24H,2,9-14H2,1H3. The van der Waals surface area contributed by atoms with Gasteiger partial charge in [0.05, 0.1) is 12.0 Å². The van der Waals surface area contributed by atoms with E-state index in [1.54, 1.807) is 12.1 Å². The van der Waals surface area contributed by atoms with Gasteiger partial charge in [0.1, 0.15) is 17.1 Å². The van der Waals surface area contributed by atoms with E-state index in [0.717, 1.165) is 50.5 Å². The molecule has 146 valence electrons. The molecule has 0 saturated carbocycles. The van der Waals surface area contributed by atoms with Gasteiger partial charge in [-0.15, -0.1) is 0 Å². The first-order valence-corrected chi connectivity index (χ1v) is 9.90. The lowest BCUT2D eigenvalue weighted by molar-refractivity contribution is 0.214. The van der Waals surface area contributed by atoms with Gasteiger partial charge >= 0.3 is 0 Å². The van der Waals surface area contributed by atoms with Crippen molar-refractivity contribution in [3.63, 3.8) is 0 Å². The van der Waals surface area contributed by atoms with Gasteiger partial charge in [-0.2, -0.15) is 0 Å². The monoisotopic (exact) mass is 378 g/mol. The molecule has 5 heteroatoms. The zero-order chi connectivity index (χ0) is 19.3. The maximum atomic E-state index is 12.5. The van der Waals surface area contributed by atoms with Crippen LogP contribution in [0.15, 0.2) is 57.7 Å². The minimum Gasteiger partial charge on any atom is -0.493 e. The zero-order valence-corrected chi connectivity index (χ0v) is 16.2. The summed E-state index contributed by atoms with van der Waals surface area (Å²) in [6, 6.07) is 15.0. The second kappa shape index (κ2) is 8.59. The van der Waals surface area contributed by atoms with Gasteiger partial charge < -0.3 is 19.4 Å². The number of piperazine rings is 1. The molecule has 1 aliphatic heterocycles. The second-order valence-corrected chi connectivity index (χ2v) is 7.29. The molecule has 1 saturated heterocycles. The Hall–Kier alpha value is -2.63. The topological polar surface area (TPSA) is 54.7 Å². The first-order valence-electron chi connectivity index (χ1n) is 9.90. The van der Waals surface area contributed by atoms with Crippen LogP contribution in [0, 0.1) is 6.92 Å². The Labute approximate surface area is 164 Å². The third kappa shape index (κ3) is 4.43. The lowest BCUT2D eigenvalue weighted by atomic mass is 10.1. The molecule has 28 heavy (non-hydrogen) atoms. The van der Waals surface area contributed by atoms with Crippen molar-refractivity contribution in [1.82, 2.24) is 10.2 Å². The number of rotatable bonds is 6. The highest BCUT2D eigenvalue weighted by atomic mass is 16.5. The van der Waals surface area contributed by atoms with Crippen LogP contribution in [0.1, 0.15) is 12.0 Å². The molecule has 0 atom stereocenters. The van der Waals surface area contributed by atoms with E-state index >= 15 is 0 Å². The van der Waals surface area contributed by atoms with E-state index in [9.17, 15) is 4.79 Å². The van der Waals surface area contributed by atoms with Crippen LogP contribution in [0.5, 0.6) is 5.75 Å². The van der Waals surface area contributed by atoms with Gasteiger partial charge in [0.25, 0.3) is 0 Å².